The molecule has 0 aliphatic rings. The molecule has 0 amide bonds. The Morgan fingerprint density at radius 1 is 1.33 bits per heavy atom. The van der Waals surface area contributed by atoms with E-state index in [9.17, 15) is 0 Å². The van der Waals surface area contributed by atoms with Crippen molar-refractivity contribution in [3.63, 3.8) is 0 Å². The van der Waals surface area contributed by atoms with E-state index in [2.05, 4.69) is 40.0 Å². The molecule has 3 heterocycles. The maximum atomic E-state index is 5.84. The highest BCUT2D eigenvalue weighted by atomic mass is 28.3. The van der Waals surface area contributed by atoms with Crippen LogP contribution < -0.4 is 5.73 Å². The Labute approximate surface area is 122 Å². The number of aromatic nitrogens is 6. The van der Waals surface area contributed by atoms with E-state index in [0.717, 1.165) is 29.2 Å². The summed E-state index contributed by atoms with van der Waals surface area (Å²) < 4.78 is 8.99. The molecule has 21 heavy (non-hydrogen) atoms. The van der Waals surface area contributed by atoms with Gasteiger partial charge < -0.3 is 10.5 Å². The number of ether oxygens (including phenoxy) is 1. The van der Waals surface area contributed by atoms with Gasteiger partial charge in [-0.05, 0) is 6.04 Å². The maximum absolute atomic E-state index is 5.84. The first-order valence-corrected chi connectivity index (χ1v) is 10.6. The minimum Gasteiger partial charge on any atom is -0.380 e. The van der Waals surface area contributed by atoms with E-state index in [1.165, 1.54) is 0 Å². The molecule has 0 saturated heterocycles. The van der Waals surface area contributed by atoms with Crippen molar-refractivity contribution in [3.8, 4) is 0 Å². The SMILES string of the molecule is C[Si](C)(C)CCOCn1ncc2c1ncn1nnc(N)c21. The number of nitrogens with zero attached hydrogens (tertiary/aromatic N) is 6. The lowest BCUT2D eigenvalue weighted by Gasteiger charge is -2.15. The summed E-state index contributed by atoms with van der Waals surface area (Å²) in [7, 11) is -1.07. The molecular formula is C12H19N7OSi. The van der Waals surface area contributed by atoms with Crippen molar-refractivity contribution in [2.75, 3.05) is 12.3 Å². The molecule has 0 aromatic carbocycles. The van der Waals surface area contributed by atoms with Gasteiger partial charge in [0.2, 0.25) is 0 Å². The second-order valence-electron chi connectivity index (χ2n) is 6.24. The highest BCUT2D eigenvalue weighted by molar-refractivity contribution is 6.76. The molecule has 0 unspecified atom stereocenters. The van der Waals surface area contributed by atoms with Gasteiger partial charge in [-0.1, -0.05) is 24.9 Å². The van der Waals surface area contributed by atoms with Crippen LogP contribution >= 0.6 is 0 Å². The Morgan fingerprint density at radius 2 is 2.14 bits per heavy atom. The lowest BCUT2D eigenvalue weighted by atomic mass is 10.3. The lowest BCUT2D eigenvalue weighted by molar-refractivity contribution is 0.0813. The minimum absolute atomic E-state index is 0.376. The van der Waals surface area contributed by atoms with Crippen molar-refractivity contribution in [2.45, 2.75) is 32.4 Å². The van der Waals surface area contributed by atoms with E-state index < -0.39 is 8.07 Å². The Balaban J connectivity index is 1.81. The van der Waals surface area contributed by atoms with Crippen LogP contribution in [-0.2, 0) is 11.5 Å². The summed E-state index contributed by atoms with van der Waals surface area (Å²) in [6.45, 7) is 8.11. The molecule has 3 aromatic heterocycles. The molecule has 0 aliphatic heterocycles. The van der Waals surface area contributed by atoms with Crippen molar-refractivity contribution in [1.82, 2.24) is 29.6 Å². The van der Waals surface area contributed by atoms with E-state index in [-0.39, 0.29) is 0 Å². The lowest BCUT2D eigenvalue weighted by Crippen LogP contribution is -2.22. The van der Waals surface area contributed by atoms with Gasteiger partial charge in [0.1, 0.15) is 18.6 Å². The number of hydrogen-bond acceptors (Lipinski definition) is 6. The highest BCUT2D eigenvalue weighted by Crippen LogP contribution is 2.20. The second kappa shape index (κ2) is 5.08. The molecule has 3 rings (SSSR count). The van der Waals surface area contributed by atoms with Gasteiger partial charge in [0.25, 0.3) is 0 Å². The second-order valence-corrected chi connectivity index (χ2v) is 11.9. The summed E-state index contributed by atoms with van der Waals surface area (Å²) in [5.74, 6) is 0.376. The molecule has 112 valence electrons. The Hall–Kier alpha value is -2.00. The van der Waals surface area contributed by atoms with E-state index >= 15 is 0 Å². The zero-order valence-corrected chi connectivity index (χ0v) is 13.4. The third-order valence-corrected chi connectivity index (χ3v) is 4.99. The van der Waals surface area contributed by atoms with Crippen molar-refractivity contribution in [3.05, 3.63) is 12.5 Å². The van der Waals surface area contributed by atoms with Crippen LogP contribution in [0.5, 0.6) is 0 Å². The molecule has 0 radical (unpaired) electrons. The van der Waals surface area contributed by atoms with Crippen LogP contribution in [-0.4, -0.2) is 44.3 Å². The number of nitrogens with two attached hydrogens (primary N) is 1. The Kier molecular flexibility index (Phi) is 3.37. The first kappa shape index (κ1) is 14.0. The third kappa shape index (κ3) is 2.74. The van der Waals surface area contributed by atoms with Gasteiger partial charge >= 0.3 is 0 Å². The van der Waals surface area contributed by atoms with Gasteiger partial charge in [0.05, 0.1) is 11.6 Å². The van der Waals surface area contributed by atoms with Crippen molar-refractivity contribution in [2.24, 2.45) is 0 Å². The standard InChI is InChI=1S/C12H19N7OSi/c1-21(2,3)5-4-20-8-19-12-9(6-15-19)10-11(13)16-17-18(10)7-14-12/h6-7H,4-5,8,13H2,1-3H3. The van der Waals surface area contributed by atoms with Crippen LogP contribution in [0.2, 0.25) is 25.7 Å². The largest absolute Gasteiger partial charge is 0.380 e. The molecule has 8 nitrogen and oxygen atoms in total. The number of hydrogen-bond donors (Lipinski definition) is 1. The average molecular weight is 305 g/mol. The van der Waals surface area contributed by atoms with Gasteiger partial charge in [-0.25, -0.2) is 9.67 Å². The molecule has 0 fully saturated rings. The minimum atomic E-state index is -1.07. The monoisotopic (exact) mass is 305 g/mol. The highest BCUT2D eigenvalue weighted by Gasteiger charge is 2.14. The molecule has 0 atom stereocenters. The van der Waals surface area contributed by atoms with Gasteiger partial charge in [-0.3, -0.25) is 0 Å². The van der Waals surface area contributed by atoms with Crippen LogP contribution in [0.4, 0.5) is 5.82 Å². The first-order chi connectivity index (χ1) is 9.96. The molecule has 0 bridgehead atoms. The fourth-order valence-electron chi connectivity index (χ4n) is 2.06. The van der Waals surface area contributed by atoms with Gasteiger partial charge in [-0.2, -0.15) is 9.61 Å². The van der Waals surface area contributed by atoms with Gasteiger partial charge in [-0.15, -0.1) is 5.10 Å². The zero-order chi connectivity index (χ0) is 15.0. The van der Waals surface area contributed by atoms with E-state index in [0.29, 0.717) is 12.5 Å². The number of fused-ring (bicyclic) bond motifs is 3. The normalized spacial score (nSPS) is 12.5. The number of anilines is 1. The third-order valence-electron chi connectivity index (χ3n) is 3.29. The predicted octanol–water partition coefficient (Wildman–Crippen LogP) is 1.37. The fourth-order valence-corrected chi connectivity index (χ4v) is 2.82. The summed E-state index contributed by atoms with van der Waals surface area (Å²) in [4.78, 5) is 4.34. The molecule has 0 aliphatic carbocycles. The molecule has 0 spiro atoms. The van der Waals surface area contributed by atoms with E-state index in [1.807, 2.05) is 0 Å². The molecule has 3 aromatic rings. The summed E-state index contributed by atoms with van der Waals surface area (Å²) >= 11 is 0. The maximum Gasteiger partial charge on any atom is 0.174 e. The van der Waals surface area contributed by atoms with Crippen LogP contribution in [0.3, 0.4) is 0 Å². The Morgan fingerprint density at radius 3 is 2.90 bits per heavy atom. The van der Waals surface area contributed by atoms with Crippen LogP contribution in [0.25, 0.3) is 16.6 Å². The number of rotatable bonds is 5. The number of nitrogen functional groups attached to an aromatic ring is 1. The fraction of sp³-hybridized carbons (Fsp3) is 0.500. The first-order valence-electron chi connectivity index (χ1n) is 6.84. The molecule has 0 saturated carbocycles. The summed E-state index contributed by atoms with van der Waals surface area (Å²) in [5, 5.41) is 12.9. The average Bonchev–Trinajstić information content (AvgIpc) is 2.98. The molecule has 9 heteroatoms. The van der Waals surface area contributed by atoms with Crippen LogP contribution in [0.1, 0.15) is 0 Å². The van der Waals surface area contributed by atoms with E-state index in [1.54, 1.807) is 21.7 Å². The summed E-state index contributed by atoms with van der Waals surface area (Å²) in [5.41, 5.74) is 7.29. The predicted molar refractivity (Wildman–Crippen MR) is 82.6 cm³/mol. The van der Waals surface area contributed by atoms with Crippen molar-refractivity contribution in [1.29, 1.82) is 0 Å². The summed E-state index contributed by atoms with van der Waals surface area (Å²) in [6, 6.07) is 1.13. The van der Waals surface area contributed by atoms with Crippen LogP contribution in [0.15, 0.2) is 12.5 Å². The van der Waals surface area contributed by atoms with E-state index in [4.69, 9.17) is 10.5 Å². The zero-order valence-electron chi connectivity index (χ0n) is 12.4. The Bertz CT molecular complexity index is 773. The molecule has 2 N–H and O–H groups in total. The van der Waals surface area contributed by atoms with Gasteiger partial charge in [0.15, 0.2) is 11.5 Å². The smallest absolute Gasteiger partial charge is 0.174 e. The summed E-state index contributed by atoms with van der Waals surface area (Å²) in [6.07, 6.45) is 3.31. The van der Waals surface area contributed by atoms with Crippen molar-refractivity contribution < 1.29 is 4.74 Å². The quantitative estimate of drug-likeness (QED) is 0.565. The van der Waals surface area contributed by atoms with Gasteiger partial charge in [0, 0.05) is 14.7 Å². The van der Waals surface area contributed by atoms with Crippen LogP contribution in [0, 0.1) is 0 Å². The topological polar surface area (TPSA) is 96.1 Å². The van der Waals surface area contributed by atoms with Crippen molar-refractivity contribution >= 4 is 30.4 Å². The molecular weight excluding hydrogens is 286 g/mol.